The molecule has 1 saturated heterocycles. The number of Topliss-reactive ketones (excluding diaryl/α,β-unsaturated/α-hetero) is 1. The third-order valence-corrected chi connectivity index (χ3v) is 14.6. The van der Waals surface area contributed by atoms with E-state index in [0.29, 0.717) is 17.0 Å². The first-order valence-electron chi connectivity index (χ1n) is 24.8. The second kappa shape index (κ2) is 22.1. The number of nitrogens with zero attached hydrogens (tertiary/aromatic N) is 3. The largest absolute Gasteiger partial charge is 0.508 e. The molecule has 10 atom stereocenters. The number of aliphatic hydroxyl groups excluding tert-OH is 4. The number of methoxy groups -OCH3 is 1. The van der Waals surface area contributed by atoms with Crippen LogP contribution in [0.3, 0.4) is 0 Å². The molecule has 72 heavy (non-hydrogen) atoms. The zero-order valence-corrected chi connectivity index (χ0v) is 42.8. The van der Waals surface area contributed by atoms with Crippen molar-refractivity contribution in [3.8, 4) is 11.5 Å². The molecule has 1 aromatic heterocycles. The van der Waals surface area contributed by atoms with Crippen molar-refractivity contribution in [2.45, 2.75) is 105 Å². The minimum absolute atomic E-state index is 0.000511. The Morgan fingerprint density at radius 3 is 2.36 bits per heavy atom. The molecule has 7 rings (SSSR count). The van der Waals surface area contributed by atoms with Gasteiger partial charge in [0.2, 0.25) is 5.78 Å². The standard InChI is InChI=1S/C54H70N4O14/c1-27(2)24-57-19-21-58(22-20-57)34-16-17-36-38(23-34)70-50-42(55-36)39-40-46(63)33(8)49-41(39)51(65)54(9,72-49)18-12-15-37(68-10)30(5)48(71-53(67)69-26-35(60)25-59)32(7)45(62)31(6)44(61)28(3)13-11-14-29(4)52(66)56-43(50)47(40)64/h11-17,23,27-28,30-32,35,37,44-45,48,59-62,64H,18-22,24-26H2,1-10H3,(H,56,66)/b13-11+,15-12+,29-14-/t28-,30+,31+,32+,35?,37-,44-,45+,48+,54+/m0/s1. The van der Waals surface area contributed by atoms with Gasteiger partial charge < -0.3 is 59.1 Å². The van der Waals surface area contributed by atoms with Gasteiger partial charge in [0, 0.05) is 98.2 Å². The van der Waals surface area contributed by atoms with Gasteiger partial charge in [0.25, 0.3) is 5.91 Å². The number of carbonyl (C=O) groups excluding carboxylic acids is 3. The minimum Gasteiger partial charge on any atom is -0.505 e. The molecule has 18 nitrogen and oxygen atoms in total. The van der Waals surface area contributed by atoms with Crippen LogP contribution >= 0.6 is 0 Å². The van der Waals surface area contributed by atoms with Crippen LogP contribution in [0.15, 0.2) is 63.4 Å². The lowest BCUT2D eigenvalue weighted by molar-refractivity contribution is -0.112. The van der Waals surface area contributed by atoms with Crippen LogP contribution in [0.1, 0.15) is 77.7 Å². The molecule has 390 valence electrons. The molecule has 0 radical (unpaired) electrons. The van der Waals surface area contributed by atoms with Crippen molar-refractivity contribution in [1.82, 2.24) is 9.88 Å². The first-order chi connectivity index (χ1) is 34.1. The molecule has 4 aromatic rings. The van der Waals surface area contributed by atoms with Gasteiger partial charge in [-0.3, -0.25) is 19.3 Å². The fourth-order valence-electron chi connectivity index (χ4n) is 10.2. The number of carbonyl (C=O) groups is 3. The lowest BCUT2D eigenvalue weighted by Gasteiger charge is -2.38. The van der Waals surface area contributed by atoms with E-state index in [9.17, 15) is 39.9 Å². The summed E-state index contributed by atoms with van der Waals surface area (Å²) in [5.41, 5.74) is -0.672. The van der Waals surface area contributed by atoms with Gasteiger partial charge in [0.1, 0.15) is 41.3 Å². The number of hydrogen-bond acceptors (Lipinski definition) is 17. The topological polar surface area (TPSA) is 251 Å². The predicted octanol–water partition coefficient (Wildman–Crippen LogP) is 6.18. The second-order valence-electron chi connectivity index (χ2n) is 20.4. The quantitative estimate of drug-likeness (QED) is 0.0379. The summed E-state index contributed by atoms with van der Waals surface area (Å²) >= 11 is 0. The number of hydrogen-bond donors (Lipinski definition) is 6. The zero-order chi connectivity index (χ0) is 52.5. The number of aromatic nitrogens is 1. The third kappa shape index (κ3) is 10.8. The molecule has 4 heterocycles. The van der Waals surface area contributed by atoms with Crippen LogP contribution < -0.4 is 20.4 Å². The number of ether oxygens (including phenoxy) is 4. The van der Waals surface area contributed by atoms with E-state index in [1.54, 1.807) is 71.9 Å². The van der Waals surface area contributed by atoms with Crippen molar-refractivity contribution in [2.75, 3.05) is 63.3 Å². The summed E-state index contributed by atoms with van der Waals surface area (Å²) in [7, 11) is 1.44. The SMILES string of the molecule is CO[C@H]1/C=C/C[C@@]2(C)Oc3c(C)c(=O)c4c(O)c(c5oc6cc(N7CCN(CC(C)C)CC7)ccc6nc5c4c3C2=O)NC(=O)/C(C)=C\C=C\[C@H](C)[C@H](O)[C@@H](C)[C@@H](O)[C@@H](C)[C@H](OC(=O)OCC(O)CO)[C@@H]1C. The number of fused-ring (bicyclic) bond motifs is 2. The average Bonchev–Trinajstić information content (AvgIpc) is 3.62. The van der Waals surface area contributed by atoms with E-state index in [1.165, 1.54) is 20.1 Å². The number of nitrogens with one attached hydrogen (secondary N) is 1. The predicted molar refractivity (Wildman–Crippen MR) is 273 cm³/mol. The van der Waals surface area contributed by atoms with Gasteiger partial charge >= 0.3 is 6.16 Å². The molecular weight excluding hydrogens is 929 g/mol. The number of anilines is 2. The number of allylic oxidation sites excluding steroid dienone is 2. The minimum atomic E-state index is -1.61. The normalized spacial score (nSPS) is 29.0. The number of benzene rings is 3. The molecule has 0 spiro atoms. The molecule has 3 aliphatic heterocycles. The summed E-state index contributed by atoms with van der Waals surface area (Å²) in [6.45, 7) is 18.9. The molecule has 1 fully saturated rings. The van der Waals surface area contributed by atoms with Crippen molar-refractivity contribution >= 4 is 62.2 Å². The van der Waals surface area contributed by atoms with Crippen LogP contribution in [0.5, 0.6) is 11.5 Å². The van der Waals surface area contributed by atoms with Crippen molar-refractivity contribution < 1.29 is 63.3 Å². The van der Waals surface area contributed by atoms with Crippen molar-refractivity contribution in [1.29, 1.82) is 0 Å². The summed E-state index contributed by atoms with van der Waals surface area (Å²) in [6.07, 6.45) is 1.18. The van der Waals surface area contributed by atoms with Crippen LogP contribution in [0.2, 0.25) is 0 Å². The Labute approximate surface area is 418 Å². The molecule has 18 heteroatoms. The number of amides is 1. The Kier molecular flexibility index (Phi) is 16.5. The Balaban J connectivity index is 1.37. The van der Waals surface area contributed by atoms with E-state index in [4.69, 9.17) is 28.3 Å². The second-order valence-corrected chi connectivity index (χ2v) is 20.4. The highest BCUT2D eigenvalue weighted by molar-refractivity contribution is 6.26. The van der Waals surface area contributed by atoms with Crippen molar-refractivity contribution in [3.05, 3.63) is 75.5 Å². The molecule has 0 saturated carbocycles. The summed E-state index contributed by atoms with van der Waals surface area (Å²) in [6, 6.07) is 5.60. The maximum absolute atomic E-state index is 15.0. The fourth-order valence-corrected chi connectivity index (χ4v) is 10.2. The highest BCUT2D eigenvalue weighted by Gasteiger charge is 2.47. The van der Waals surface area contributed by atoms with Gasteiger partial charge in [-0.05, 0) is 38.8 Å². The highest BCUT2D eigenvalue weighted by Crippen LogP contribution is 2.49. The van der Waals surface area contributed by atoms with Crippen LogP contribution in [0.25, 0.3) is 33.0 Å². The number of phenols is 1. The Hall–Kier alpha value is -5.89. The molecule has 1 amide bonds. The van der Waals surface area contributed by atoms with Crippen LogP contribution in [-0.4, -0.2) is 142 Å². The van der Waals surface area contributed by atoms with Gasteiger partial charge in [-0.1, -0.05) is 71.9 Å². The molecule has 6 N–H and O–H groups in total. The van der Waals surface area contributed by atoms with Crippen LogP contribution in [-0.2, 0) is 19.0 Å². The van der Waals surface area contributed by atoms with Gasteiger partial charge in [0.05, 0.1) is 35.9 Å². The first-order valence-corrected chi connectivity index (χ1v) is 24.8. The lowest BCUT2D eigenvalue weighted by atomic mass is 9.78. The number of piperazine rings is 1. The number of ketones is 1. The smallest absolute Gasteiger partial charge is 0.505 e. The zero-order valence-electron chi connectivity index (χ0n) is 42.8. The molecule has 3 aliphatic rings. The molecule has 4 bridgehead atoms. The summed E-state index contributed by atoms with van der Waals surface area (Å²) < 4.78 is 29.9. The summed E-state index contributed by atoms with van der Waals surface area (Å²) in [4.78, 5) is 66.4. The van der Waals surface area contributed by atoms with E-state index in [2.05, 4.69) is 29.0 Å². The number of aromatic hydroxyl groups is 1. The maximum atomic E-state index is 15.0. The fraction of sp³-hybridized carbons (Fsp3) is 0.537. The average molecular weight is 999 g/mol. The molecular formula is C54H70N4O14. The summed E-state index contributed by atoms with van der Waals surface area (Å²) in [5.74, 6) is -4.16. The van der Waals surface area contributed by atoms with Crippen LogP contribution in [0.4, 0.5) is 16.2 Å². The van der Waals surface area contributed by atoms with Gasteiger partial charge in [-0.25, -0.2) is 9.78 Å². The van der Waals surface area contributed by atoms with E-state index in [0.717, 1.165) is 38.4 Å². The third-order valence-electron chi connectivity index (χ3n) is 14.6. The Morgan fingerprint density at radius 2 is 1.69 bits per heavy atom. The van der Waals surface area contributed by atoms with E-state index in [1.807, 2.05) is 12.1 Å². The Bertz CT molecular complexity index is 2850. The molecule has 3 aromatic carbocycles. The number of rotatable bonds is 8. The number of aliphatic hydroxyl groups is 4. The monoisotopic (exact) mass is 998 g/mol. The highest BCUT2D eigenvalue weighted by atomic mass is 16.7. The van der Waals surface area contributed by atoms with Gasteiger partial charge in [-0.2, -0.15) is 0 Å². The first kappa shape index (κ1) is 53.9. The summed E-state index contributed by atoms with van der Waals surface area (Å²) in [5, 5.41) is 57.2. The maximum Gasteiger partial charge on any atom is 0.508 e. The van der Waals surface area contributed by atoms with Gasteiger partial charge in [0.15, 0.2) is 27.9 Å². The lowest BCUT2D eigenvalue weighted by Crippen LogP contribution is -2.47. The van der Waals surface area contributed by atoms with E-state index >= 15 is 4.79 Å². The van der Waals surface area contributed by atoms with Crippen molar-refractivity contribution in [3.63, 3.8) is 0 Å². The van der Waals surface area contributed by atoms with E-state index in [-0.39, 0.29) is 56.4 Å². The molecule has 0 aliphatic carbocycles. The van der Waals surface area contributed by atoms with Crippen LogP contribution in [0, 0.1) is 36.5 Å². The molecule has 1 unspecified atom stereocenters. The number of phenolic OH excluding ortho intramolecular Hbond substituents is 1. The van der Waals surface area contributed by atoms with Crippen molar-refractivity contribution in [2.24, 2.45) is 29.6 Å². The van der Waals surface area contributed by atoms with E-state index < -0.39 is 102 Å². The van der Waals surface area contributed by atoms with Gasteiger partial charge in [-0.15, -0.1) is 0 Å². The Morgan fingerprint density at radius 1 is 0.986 bits per heavy atom.